The molecule has 0 aromatic rings. The molecule has 1 fully saturated rings. The standard InChI is InChI=1S/C15H27NO/c1-2-3-7-13-16-15(17)12-8-11-14-9-5-4-6-10-14/h2-3,14H,4-13H2,1H3,(H,16,17)/b3-2+. The molecule has 0 aliphatic heterocycles. The first kappa shape index (κ1) is 14.3. The van der Waals surface area contributed by atoms with Gasteiger partial charge >= 0.3 is 0 Å². The van der Waals surface area contributed by atoms with E-state index < -0.39 is 0 Å². The molecule has 0 aromatic heterocycles. The van der Waals surface area contributed by atoms with E-state index in [1.807, 2.05) is 13.0 Å². The van der Waals surface area contributed by atoms with Crippen LogP contribution in [-0.4, -0.2) is 12.5 Å². The summed E-state index contributed by atoms with van der Waals surface area (Å²) in [5, 5.41) is 2.97. The van der Waals surface area contributed by atoms with E-state index in [2.05, 4.69) is 11.4 Å². The summed E-state index contributed by atoms with van der Waals surface area (Å²) >= 11 is 0. The van der Waals surface area contributed by atoms with Crippen molar-refractivity contribution in [3.63, 3.8) is 0 Å². The van der Waals surface area contributed by atoms with E-state index in [0.717, 1.165) is 25.3 Å². The second-order valence-electron chi connectivity index (χ2n) is 5.10. The summed E-state index contributed by atoms with van der Waals surface area (Å²) < 4.78 is 0. The van der Waals surface area contributed by atoms with Crippen molar-refractivity contribution < 1.29 is 4.79 Å². The maximum atomic E-state index is 11.5. The zero-order valence-electron chi connectivity index (χ0n) is 11.2. The number of hydrogen-bond acceptors (Lipinski definition) is 1. The number of carbonyl (C=O) groups excluding carboxylic acids is 1. The van der Waals surface area contributed by atoms with E-state index in [4.69, 9.17) is 0 Å². The van der Waals surface area contributed by atoms with Crippen LogP contribution in [0.5, 0.6) is 0 Å². The van der Waals surface area contributed by atoms with Crippen molar-refractivity contribution >= 4 is 5.91 Å². The highest BCUT2D eigenvalue weighted by Crippen LogP contribution is 2.27. The van der Waals surface area contributed by atoms with Gasteiger partial charge in [0.1, 0.15) is 0 Å². The van der Waals surface area contributed by atoms with Crippen LogP contribution in [-0.2, 0) is 4.79 Å². The molecule has 0 atom stereocenters. The molecule has 0 bridgehead atoms. The van der Waals surface area contributed by atoms with E-state index in [1.165, 1.54) is 38.5 Å². The van der Waals surface area contributed by atoms with Gasteiger partial charge in [0.15, 0.2) is 0 Å². The predicted octanol–water partition coefficient (Wildman–Crippen LogP) is 3.82. The third-order valence-corrected chi connectivity index (χ3v) is 3.61. The van der Waals surface area contributed by atoms with Gasteiger partial charge in [-0.2, -0.15) is 0 Å². The highest BCUT2D eigenvalue weighted by atomic mass is 16.1. The first-order valence-electron chi connectivity index (χ1n) is 7.20. The van der Waals surface area contributed by atoms with Gasteiger partial charge in [0, 0.05) is 13.0 Å². The molecular weight excluding hydrogens is 210 g/mol. The Morgan fingerprint density at radius 1 is 1.29 bits per heavy atom. The third kappa shape index (κ3) is 7.19. The van der Waals surface area contributed by atoms with E-state index >= 15 is 0 Å². The fourth-order valence-electron chi connectivity index (χ4n) is 2.58. The number of carbonyl (C=O) groups is 1. The third-order valence-electron chi connectivity index (χ3n) is 3.61. The van der Waals surface area contributed by atoms with Crippen LogP contribution in [0.3, 0.4) is 0 Å². The number of nitrogens with one attached hydrogen (secondary N) is 1. The maximum absolute atomic E-state index is 11.5. The number of amides is 1. The molecule has 0 aromatic carbocycles. The molecule has 1 aliphatic carbocycles. The largest absolute Gasteiger partial charge is 0.356 e. The fourth-order valence-corrected chi connectivity index (χ4v) is 2.58. The normalized spacial score (nSPS) is 17.5. The van der Waals surface area contributed by atoms with Crippen LogP contribution in [0.15, 0.2) is 12.2 Å². The topological polar surface area (TPSA) is 29.1 Å². The van der Waals surface area contributed by atoms with Crippen LogP contribution in [0.1, 0.15) is 64.7 Å². The molecule has 0 radical (unpaired) electrons. The zero-order valence-corrected chi connectivity index (χ0v) is 11.2. The molecule has 1 amide bonds. The Morgan fingerprint density at radius 3 is 2.76 bits per heavy atom. The van der Waals surface area contributed by atoms with Gasteiger partial charge in [0.05, 0.1) is 0 Å². The number of allylic oxidation sites excluding steroid dienone is 1. The van der Waals surface area contributed by atoms with Crippen LogP contribution in [0, 0.1) is 5.92 Å². The Kier molecular flexibility index (Phi) is 7.78. The number of rotatable bonds is 7. The van der Waals surface area contributed by atoms with Crippen LogP contribution in [0.2, 0.25) is 0 Å². The second kappa shape index (κ2) is 9.26. The second-order valence-corrected chi connectivity index (χ2v) is 5.10. The molecule has 1 saturated carbocycles. The Hall–Kier alpha value is -0.790. The quantitative estimate of drug-likeness (QED) is 0.529. The lowest BCUT2D eigenvalue weighted by atomic mass is 9.86. The molecular formula is C15H27NO. The van der Waals surface area contributed by atoms with Crippen molar-refractivity contribution in [2.24, 2.45) is 5.92 Å². The first-order chi connectivity index (χ1) is 8.33. The van der Waals surface area contributed by atoms with Crippen molar-refractivity contribution in [3.05, 3.63) is 12.2 Å². The maximum Gasteiger partial charge on any atom is 0.220 e. The zero-order chi connectivity index (χ0) is 12.3. The summed E-state index contributed by atoms with van der Waals surface area (Å²) in [6.07, 6.45) is 15.1. The van der Waals surface area contributed by atoms with Gasteiger partial charge in [-0.25, -0.2) is 0 Å². The van der Waals surface area contributed by atoms with Gasteiger partial charge in [-0.15, -0.1) is 0 Å². The van der Waals surface area contributed by atoms with Crippen LogP contribution in [0.25, 0.3) is 0 Å². The Morgan fingerprint density at radius 2 is 2.06 bits per heavy atom. The summed E-state index contributed by atoms with van der Waals surface area (Å²) in [7, 11) is 0. The van der Waals surface area contributed by atoms with E-state index in [-0.39, 0.29) is 5.91 Å². The first-order valence-corrected chi connectivity index (χ1v) is 7.20. The van der Waals surface area contributed by atoms with Gasteiger partial charge in [-0.05, 0) is 32.1 Å². The molecule has 1 N–H and O–H groups in total. The van der Waals surface area contributed by atoms with Gasteiger partial charge in [0.2, 0.25) is 5.91 Å². The van der Waals surface area contributed by atoms with Gasteiger partial charge in [-0.3, -0.25) is 4.79 Å². The summed E-state index contributed by atoms with van der Waals surface area (Å²) in [4.78, 5) is 11.5. The SMILES string of the molecule is C/C=C/CCNC(=O)CCCC1CCCCC1. The fraction of sp³-hybridized carbons (Fsp3) is 0.800. The van der Waals surface area contributed by atoms with Gasteiger partial charge < -0.3 is 5.32 Å². The smallest absolute Gasteiger partial charge is 0.220 e. The van der Waals surface area contributed by atoms with Crippen LogP contribution in [0.4, 0.5) is 0 Å². The molecule has 2 heteroatoms. The average molecular weight is 237 g/mol. The van der Waals surface area contributed by atoms with Gasteiger partial charge in [-0.1, -0.05) is 44.3 Å². The van der Waals surface area contributed by atoms with Crippen molar-refractivity contribution in [2.75, 3.05) is 6.54 Å². The van der Waals surface area contributed by atoms with Crippen molar-refractivity contribution in [1.82, 2.24) is 5.32 Å². The molecule has 1 aliphatic rings. The van der Waals surface area contributed by atoms with Crippen molar-refractivity contribution in [2.45, 2.75) is 64.7 Å². The lowest BCUT2D eigenvalue weighted by Gasteiger charge is -2.21. The highest BCUT2D eigenvalue weighted by molar-refractivity contribution is 5.75. The summed E-state index contributed by atoms with van der Waals surface area (Å²) in [6.45, 7) is 2.79. The Labute approximate surface area is 106 Å². The summed E-state index contributed by atoms with van der Waals surface area (Å²) in [6, 6.07) is 0. The lowest BCUT2D eigenvalue weighted by Crippen LogP contribution is -2.23. The molecule has 0 heterocycles. The average Bonchev–Trinajstić information content (AvgIpc) is 2.36. The van der Waals surface area contributed by atoms with Crippen molar-refractivity contribution in [3.8, 4) is 0 Å². The molecule has 17 heavy (non-hydrogen) atoms. The molecule has 1 rings (SSSR count). The van der Waals surface area contributed by atoms with E-state index in [9.17, 15) is 4.79 Å². The molecule has 0 spiro atoms. The number of hydrogen-bond donors (Lipinski definition) is 1. The van der Waals surface area contributed by atoms with E-state index in [0.29, 0.717) is 6.42 Å². The molecule has 0 saturated heterocycles. The van der Waals surface area contributed by atoms with Crippen molar-refractivity contribution in [1.29, 1.82) is 0 Å². The Bertz CT molecular complexity index is 229. The molecule has 2 nitrogen and oxygen atoms in total. The lowest BCUT2D eigenvalue weighted by molar-refractivity contribution is -0.121. The predicted molar refractivity (Wildman–Crippen MR) is 72.9 cm³/mol. The van der Waals surface area contributed by atoms with Crippen LogP contribution < -0.4 is 5.32 Å². The van der Waals surface area contributed by atoms with E-state index in [1.54, 1.807) is 0 Å². The Balaban J connectivity index is 1.95. The highest BCUT2D eigenvalue weighted by Gasteiger charge is 2.13. The molecule has 0 unspecified atom stereocenters. The minimum atomic E-state index is 0.227. The summed E-state index contributed by atoms with van der Waals surface area (Å²) in [5.41, 5.74) is 0. The molecule has 98 valence electrons. The van der Waals surface area contributed by atoms with Crippen LogP contribution >= 0.6 is 0 Å². The minimum absolute atomic E-state index is 0.227. The summed E-state index contributed by atoms with van der Waals surface area (Å²) in [5.74, 6) is 1.13. The minimum Gasteiger partial charge on any atom is -0.356 e. The van der Waals surface area contributed by atoms with Gasteiger partial charge in [0.25, 0.3) is 0 Å². The monoisotopic (exact) mass is 237 g/mol.